The fourth-order valence-electron chi connectivity index (χ4n) is 3.65. The monoisotopic (exact) mass is 417 g/mol. The summed E-state index contributed by atoms with van der Waals surface area (Å²) in [5, 5.41) is 25.6. The van der Waals surface area contributed by atoms with Crippen molar-refractivity contribution in [2.45, 2.75) is 25.8 Å². The fourth-order valence-corrected chi connectivity index (χ4v) is 3.65. The van der Waals surface area contributed by atoms with Gasteiger partial charge in [0.05, 0.1) is 28.6 Å². The minimum absolute atomic E-state index is 0.0590. The first-order valence-electron chi connectivity index (χ1n) is 8.79. The highest BCUT2D eigenvalue weighted by molar-refractivity contribution is 5.83. The SMILES string of the molecule is COc1ccc2c(cc1=O)[C@@H](NC(C)=O)CCc1cc([N+](=O)[O-])c(F)c([N+](=O)[O-])c1-2. The molecule has 2 aromatic rings. The number of hydrogen-bond acceptors (Lipinski definition) is 7. The quantitative estimate of drug-likeness (QED) is 0.595. The number of amides is 1. The Bertz CT molecular complexity index is 1150. The molecule has 1 amide bonds. The number of methoxy groups -OCH3 is 1. The van der Waals surface area contributed by atoms with Crippen LogP contribution in [0.3, 0.4) is 0 Å². The molecule has 0 radical (unpaired) electrons. The third-order valence-corrected chi connectivity index (χ3v) is 4.87. The van der Waals surface area contributed by atoms with Crippen molar-refractivity contribution in [1.82, 2.24) is 5.32 Å². The number of carbonyl (C=O) groups excluding carboxylic acids is 1. The first-order valence-corrected chi connectivity index (χ1v) is 8.79. The van der Waals surface area contributed by atoms with Gasteiger partial charge < -0.3 is 10.1 Å². The van der Waals surface area contributed by atoms with Crippen molar-refractivity contribution >= 4 is 17.3 Å². The van der Waals surface area contributed by atoms with Crippen LogP contribution in [-0.2, 0) is 11.2 Å². The van der Waals surface area contributed by atoms with E-state index < -0.39 is 44.4 Å². The van der Waals surface area contributed by atoms with Crippen molar-refractivity contribution in [2.24, 2.45) is 0 Å². The lowest BCUT2D eigenvalue weighted by atomic mass is 9.95. The van der Waals surface area contributed by atoms with Crippen molar-refractivity contribution in [1.29, 1.82) is 0 Å². The summed E-state index contributed by atoms with van der Waals surface area (Å²) in [4.78, 5) is 45.1. The van der Waals surface area contributed by atoms with Gasteiger partial charge in [-0.15, -0.1) is 0 Å². The third kappa shape index (κ3) is 3.56. The molecule has 30 heavy (non-hydrogen) atoms. The predicted octanol–water partition coefficient (Wildman–Crippen LogP) is 2.80. The number of ether oxygens (including phenoxy) is 1. The van der Waals surface area contributed by atoms with Crippen LogP contribution in [0.1, 0.15) is 30.5 Å². The lowest BCUT2D eigenvalue weighted by Crippen LogP contribution is -2.26. The van der Waals surface area contributed by atoms with Gasteiger partial charge in [-0.05, 0) is 47.7 Å². The van der Waals surface area contributed by atoms with Crippen LogP contribution in [0.2, 0.25) is 0 Å². The van der Waals surface area contributed by atoms with Gasteiger partial charge in [-0.3, -0.25) is 29.8 Å². The average Bonchev–Trinajstić information content (AvgIpc) is 2.90. The van der Waals surface area contributed by atoms with Crippen molar-refractivity contribution in [3.05, 3.63) is 71.7 Å². The number of nitro groups is 2. The number of nitrogens with zero attached hydrogens (tertiary/aromatic N) is 2. The first kappa shape index (κ1) is 20.8. The highest BCUT2D eigenvalue weighted by atomic mass is 19.1. The third-order valence-electron chi connectivity index (χ3n) is 4.87. The minimum atomic E-state index is -1.58. The highest BCUT2D eigenvalue weighted by Gasteiger charge is 2.36. The molecular formula is C19H16FN3O7. The van der Waals surface area contributed by atoms with Crippen LogP contribution in [0.5, 0.6) is 5.75 Å². The molecule has 156 valence electrons. The summed E-state index contributed by atoms with van der Waals surface area (Å²) >= 11 is 0. The van der Waals surface area contributed by atoms with E-state index in [0.29, 0.717) is 0 Å². The van der Waals surface area contributed by atoms with E-state index in [1.165, 1.54) is 32.2 Å². The van der Waals surface area contributed by atoms with E-state index in [4.69, 9.17) is 4.74 Å². The van der Waals surface area contributed by atoms with Crippen molar-refractivity contribution in [2.75, 3.05) is 7.11 Å². The minimum Gasteiger partial charge on any atom is -0.493 e. The number of nitro benzene ring substituents is 2. The van der Waals surface area contributed by atoms with E-state index in [1.54, 1.807) is 0 Å². The number of benzene rings is 1. The number of aryl methyl sites for hydroxylation is 1. The molecule has 11 heteroatoms. The largest absolute Gasteiger partial charge is 0.493 e. The molecule has 0 aromatic heterocycles. The van der Waals surface area contributed by atoms with Gasteiger partial charge in [-0.25, -0.2) is 0 Å². The second kappa shape index (κ2) is 7.85. The maximum absolute atomic E-state index is 14.8. The van der Waals surface area contributed by atoms with Crippen LogP contribution in [0.25, 0.3) is 11.1 Å². The average molecular weight is 417 g/mol. The molecular weight excluding hydrogens is 401 g/mol. The second-order valence-electron chi connectivity index (χ2n) is 6.68. The molecule has 1 N–H and O–H groups in total. The first-order chi connectivity index (χ1) is 14.1. The van der Waals surface area contributed by atoms with E-state index in [0.717, 1.165) is 6.07 Å². The van der Waals surface area contributed by atoms with Gasteiger partial charge >= 0.3 is 11.4 Å². The number of fused-ring (bicyclic) bond motifs is 3. The smallest absolute Gasteiger partial charge is 0.320 e. The van der Waals surface area contributed by atoms with Crippen molar-refractivity contribution < 1.29 is 23.8 Å². The van der Waals surface area contributed by atoms with Crippen LogP contribution in [0.4, 0.5) is 15.8 Å². The summed E-state index contributed by atoms with van der Waals surface area (Å²) in [6.45, 7) is 1.27. The Morgan fingerprint density at radius 2 is 1.93 bits per heavy atom. The molecule has 1 atom stereocenters. The zero-order valence-corrected chi connectivity index (χ0v) is 15.9. The molecule has 0 saturated carbocycles. The summed E-state index contributed by atoms with van der Waals surface area (Å²) < 4.78 is 19.8. The van der Waals surface area contributed by atoms with Gasteiger partial charge in [-0.2, -0.15) is 4.39 Å². The Hall–Kier alpha value is -3.89. The molecule has 0 spiro atoms. The van der Waals surface area contributed by atoms with E-state index in [-0.39, 0.29) is 40.8 Å². The summed E-state index contributed by atoms with van der Waals surface area (Å²) in [6.07, 6.45) is 0.261. The van der Waals surface area contributed by atoms with Gasteiger partial charge in [0.15, 0.2) is 5.75 Å². The number of halogens is 1. The standard InChI is InChI=1S/C19H16FN3O7/c1-9(24)21-13-5-3-10-7-14(22(26)27)18(20)19(23(28)29)17(10)11-4-6-16(30-2)15(25)8-12(11)13/h4,6-8,13H,3,5H2,1-2H3,(H,21,24)/t13-/m0/s1. The zero-order chi connectivity index (χ0) is 22.2. The van der Waals surface area contributed by atoms with Gasteiger partial charge in [0, 0.05) is 13.0 Å². The van der Waals surface area contributed by atoms with Gasteiger partial charge in [0.2, 0.25) is 11.3 Å². The van der Waals surface area contributed by atoms with Crippen LogP contribution in [-0.4, -0.2) is 22.9 Å². The zero-order valence-electron chi connectivity index (χ0n) is 15.9. The number of rotatable bonds is 4. The molecule has 1 aliphatic rings. The van der Waals surface area contributed by atoms with E-state index >= 15 is 0 Å². The van der Waals surface area contributed by atoms with Crippen LogP contribution in [0.15, 0.2) is 29.1 Å². The van der Waals surface area contributed by atoms with Crippen LogP contribution >= 0.6 is 0 Å². The Kier molecular flexibility index (Phi) is 5.45. The molecule has 10 nitrogen and oxygen atoms in total. The summed E-state index contributed by atoms with van der Waals surface area (Å²) in [6, 6.07) is 4.04. The molecule has 0 unspecified atom stereocenters. The Balaban J connectivity index is 2.47. The van der Waals surface area contributed by atoms with Gasteiger partial charge in [0.1, 0.15) is 0 Å². The highest BCUT2D eigenvalue weighted by Crippen LogP contribution is 2.45. The number of nitrogens with one attached hydrogen (secondary N) is 1. The molecule has 0 saturated heterocycles. The van der Waals surface area contributed by atoms with Gasteiger partial charge in [0.25, 0.3) is 5.82 Å². The molecule has 2 aromatic carbocycles. The molecule has 0 heterocycles. The Morgan fingerprint density at radius 1 is 1.23 bits per heavy atom. The summed E-state index contributed by atoms with van der Waals surface area (Å²) in [5.41, 5.74) is -2.26. The van der Waals surface area contributed by atoms with E-state index in [1.807, 2.05) is 0 Å². The topological polar surface area (TPSA) is 142 Å². The maximum Gasteiger partial charge on any atom is 0.320 e. The van der Waals surface area contributed by atoms with Crippen molar-refractivity contribution in [3.8, 4) is 16.9 Å². The van der Waals surface area contributed by atoms with Gasteiger partial charge in [-0.1, -0.05) is 0 Å². The van der Waals surface area contributed by atoms with Crippen molar-refractivity contribution in [3.63, 3.8) is 0 Å². The molecule has 1 aliphatic carbocycles. The fraction of sp³-hybridized carbons (Fsp3) is 0.263. The number of hydrogen-bond donors (Lipinski definition) is 1. The maximum atomic E-state index is 14.8. The van der Waals surface area contributed by atoms with E-state index in [2.05, 4.69) is 5.32 Å². The summed E-state index contributed by atoms with van der Waals surface area (Å²) in [7, 11) is 1.27. The summed E-state index contributed by atoms with van der Waals surface area (Å²) in [5.74, 6) is -2.04. The van der Waals surface area contributed by atoms with E-state index in [9.17, 15) is 34.2 Å². The van der Waals surface area contributed by atoms with Crippen LogP contribution in [0, 0.1) is 26.0 Å². The molecule has 0 aliphatic heterocycles. The molecule has 0 bridgehead atoms. The Morgan fingerprint density at radius 3 is 2.50 bits per heavy atom. The van der Waals surface area contributed by atoms with Crippen LogP contribution < -0.4 is 15.5 Å². The Labute approximate surface area is 168 Å². The molecule has 0 fully saturated rings. The second-order valence-corrected chi connectivity index (χ2v) is 6.68. The molecule has 3 rings (SSSR count). The lowest BCUT2D eigenvalue weighted by Gasteiger charge is -2.17. The normalized spacial score (nSPS) is 14.7. The lowest BCUT2D eigenvalue weighted by molar-refractivity contribution is -0.398. The number of carbonyl (C=O) groups is 1. The predicted molar refractivity (Wildman–Crippen MR) is 103 cm³/mol.